The molecule has 1 N–H and O–H groups in total. The molecule has 0 saturated carbocycles. The molecule has 192 valence electrons. The molecule has 3 aromatic rings. The number of alkyl halides is 3. The van der Waals surface area contributed by atoms with E-state index in [0.29, 0.717) is 10.4 Å². The Morgan fingerprint density at radius 2 is 1.58 bits per heavy atom. The van der Waals surface area contributed by atoms with Crippen molar-refractivity contribution < 1.29 is 26.4 Å². The van der Waals surface area contributed by atoms with Gasteiger partial charge >= 0.3 is 6.18 Å². The third-order valence-electron chi connectivity index (χ3n) is 5.89. The zero-order valence-electron chi connectivity index (χ0n) is 20.2. The summed E-state index contributed by atoms with van der Waals surface area (Å²) in [5.74, 6) is -0.701. The average molecular weight is 539 g/mol. The Bertz CT molecular complexity index is 1380. The van der Waals surface area contributed by atoms with Crippen LogP contribution in [-0.2, 0) is 21.0 Å². The van der Waals surface area contributed by atoms with E-state index in [9.17, 15) is 26.4 Å². The Kier molecular flexibility index (Phi) is 8.05. The molecule has 36 heavy (non-hydrogen) atoms. The Hall–Kier alpha value is -3.04. The van der Waals surface area contributed by atoms with E-state index < -0.39 is 45.9 Å². The first kappa shape index (κ1) is 27.5. The number of sulfonamides is 1. The second-order valence-corrected chi connectivity index (χ2v) is 10.8. The van der Waals surface area contributed by atoms with Gasteiger partial charge in [-0.1, -0.05) is 41.9 Å². The number of hydrogen-bond donors (Lipinski definition) is 1. The molecule has 0 saturated heterocycles. The average Bonchev–Trinajstić information content (AvgIpc) is 2.80. The maximum Gasteiger partial charge on any atom is 0.416 e. The van der Waals surface area contributed by atoms with Crippen LogP contribution in [0.2, 0.25) is 5.02 Å². The number of nitrogens with zero attached hydrogens (tertiary/aromatic N) is 1. The highest BCUT2D eigenvalue weighted by atomic mass is 35.5. The Morgan fingerprint density at radius 3 is 2.19 bits per heavy atom. The predicted molar refractivity (Wildman–Crippen MR) is 135 cm³/mol. The summed E-state index contributed by atoms with van der Waals surface area (Å²) in [5.41, 5.74) is 2.38. The van der Waals surface area contributed by atoms with Crippen molar-refractivity contribution in [1.29, 1.82) is 0 Å². The molecule has 0 unspecified atom stereocenters. The van der Waals surface area contributed by atoms with Gasteiger partial charge in [0, 0.05) is 0 Å². The summed E-state index contributed by atoms with van der Waals surface area (Å²) < 4.78 is 67.8. The minimum absolute atomic E-state index is 0.190. The molecule has 1 atom stereocenters. The molecule has 0 radical (unpaired) electrons. The smallest absolute Gasteiger partial charge is 0.348 e. The number of aryl methyl sites for hydroxylation is 3. The van der Waals surface area contributed by atoms with Crippen LogP contribution in [0.25, 0.3) is 0 Å². The number of benzene rings is 3. The Labute approximate surface area is 213 Å². The van der Waals surface area contributed by atoms with Crippen LogP contribution in [0.3, 0.4) is 0 Å². The lowest BCUT2D eigenvalue weighted by Crippen LogP contribution is -2.42. The van der Waals surface area contributed by atoms with Crippen LogP contribution in [0.15, 0.2) is 65.6 Å². The van der Waals surface area contributed by atoms with Gasteiger partial charge in [-0.05, 0) is 80.3 Å². The summed E-state index contributed by atoms with van der Waals surface area (Å²) in [7, 11) is -4.43. The first-order chi connectivity index (χ1) is 16.7. The lowest BCUT2D eigenvalue weighted by molar-refractivity contribution is -0.137. The van der Waals surface area contributed by atoms with Crippen LogP contribution >= 0.6 is 11.6 Å². The highest BCUT2D eigenvalue weighted by molar-refractivity contribution is 7.92. The van der Waals surface area contributed by atoms with E-state index in [1.165, 1.54) is 24.3 Å². The van der Waals surface area contributed by atoms with Crippen molar-refractivity contribution in [1.82, 2.24) is 5.32 Å². The molecule has 0 bridgehead atoms. The number of carbonyl (C=O) groups is 1. The van der Waals surface area contributed by atoms with E-state index in [1.54, 1.807) is 13.0 Å². The minimum Gasteiger partial charge on any atom is -0.348 e. The SMILES string of the molecule is Cc1cc(C)c([C@@H](C)NC(=O)CN(c2cc(C(F)(F)F)ccc2Cl)S(=O)(=O)c2ccccc2)cc1C. The van der Waals surface area contributed by atoms with Gasteiger partial charge in [0.05, 0.1) is 27.2 Å². The monoisotopic (exact) mass is 538 g/mol. The summed E-state index contributed by atoms with van der Waals surface area (Å²) in [6, 6.07) is 12.9. The fourth-order valence-corrected chi connectivity index (χ4v) is 5.57. The molecular weight excluding hydrogens is 513 g/mol. The van der Waals surface area contributed by atoms with Crippen molar-refractivity contribution >= 4 is 33.2 Å². The van der Waals surface area contributed by atoms with Crippen LogP contribution in [0.4, 0.5) is 18.9 Å². The Balaban J connectivity index is 2.01. The first-order valence-corrected chi connectivity index (χ1v) is 12.8. The fraction of sp³-hybridized carbons (Fsp3) is 0.269. The van der Waals surface area contributed by atoms with Gasteiger partial charge in [-0.2, -0.15) is 13.2 Å². The molecule has 0 aliphatic heterocycles. The van der Waals surface area contributed by atoms with E-state index in [4.69, 9.17) is 11.6 Å². The van der Waals surface area contributed by atoms with Crippen molar-refractivity contribution in [2.75, 3.05) is 10.8 Å². The summed E-state index contributed by atoms with van der Waals surface area (Å²) >= 11 is 6.17. The largest absolute Gasteiger partial charge is 0.416 e. The van der Waals surface area contributed by atoms with Gasteiger partial charge in [0.15, 0.2) is 0 Å². The van der Waals surface area contributed by atoms with Gasteiger partial charge in [0.2, 0.25) is 5.91 Å². The summed E-state index contributed by atoms with van der Waals surface area (Å²) in [6.07, 6.45) is -4.74. The van der Waals surface area contributed by atoms with Gasteiger partial charge in [0.1, 0.15) is 6.54 Å². The number of hydrogen-bond acceptors (Lipinski definition) is 3. The predicted octanol–water partition coefficient (Wildman–Crippen LogP) is 6.36. The van der Waals surface area contributed by atoms with Gasteiger partial charge in [-0.25, -0.2) is 8.42 Å². The van der Waals surface area contributed by atoms with E-state index in [0.717, 1.165) is 34.4 Å². The second-order valence-electron chi connectivity index (χ2n) is 8.57. The molecular formula is C26H26ClF3N2O3S. The van der Waals surface area contributed by atoms with Crippen molar-refractivity contribution in [3.63, 3.8) is 0 Å². The quantitative estimate of drug-likeness (QED) is 0.381. The molecule has 10 heteroatoms. The summed E-state index contributed by atoms with van der Waals surface area (Å²) in [6.45, 7) is 6.80. The lowest BCUT2D eigenvalue weighted by Gasteiger charge is -2.27. The van der Waals surface area contributed by atoms with Crippen molar-refractivity contribution in [3.05, 3.63) is 93.5 Å². The standard InChI is InChI=1S/C26H26ClF3N2O3S/c1-16-12-18(3)22(13-17(16)2)19(4)31-25(33)15-32(36(34,35)21-8-6-5-7-9-21)24-14-20(26(28,29)30)10-11-23(24)27/h5-14,19H,15H2,1-4H3,(H,31,33)/t19-/m1/s1. The van der Waals surface area contributed by atoms with Crippen LogP contribution in [0.5, 0.6) is 0 Å². The van der Waals surface area contributed by atoms with Crippen molar-refractivity contribution in [2.45, 2.75) is 44.8 Å². The van der Waals surface area contributed by atoms with Gasteiger partial charge < -0.3 is 5.32 Å². The number of anilines is 1. The van der Waals surface area contributed by atoms with Gasteiger partial charge in [-0.15, -0.1) is 0 Å². The zero-order chi connectivity index (χ0) is 26.8. The second kappa shape index (κ2) is 10.5. The van der Waals surface area contributed by atoms with Crippen molar-refractivity contribution in [3.8, 4) is 0 Å². The molecule has 0 heterocycles. The summed E-state index contributed by atoms with van der Waals surface area (Å²) in [5, 5.41) is 2.52. The third kappa shape index (κ3) is 6.02. The number of amides is 1. The van der Waals surface area contributed by atoms with Crippen molar-refractivity contribution in [2.24, 2.45) is 0 Å². The van der Waals surface area contributed by atoms with Gasteiger partial charge in [-0.3, -0.25) is 9.10 Å². The molecule has 5 nitrogen and oxygen atoms in total. The normalized spacial score (nSPS) is 12.8. The topological polar surface area (TPSA) is 66.5 Å². The van der Waals surface area contributed by atoms with Crippen LogP contribution in [-0.4, -0.2) is 20.9 Å². The molecule has 0 aliphatic rings. The highest BCUT2D eigenvalue weighted by Gasteiger charge is 2.34. The molecule has 0 aromatic heterocycles. The number of rotatable bonds is 7. The Morgan fingerprint density at radius 1 is 0.972 bits per heavy atom. The molecule has 1 amide bonds. The lowest BCUT2D eigenvalue weighted by atomic mass is 9.96. The van der Waals surface area contributed by atoms with E-state index in [2.05, 4.69) is 5.32 Å². The van der Waals surface area contributed by atoms with Crippen LogP contribution in [0, 0.1) is 20.8 Å². The van der Waals surface area contributed by atoms with Crippen LogP contribution < -0.4 is 9.62 Å². The number of carbonyl (C=O) groups excluding carboxylic acids is 1. The molecule has 0 fully saturated rings. The van der Waals surface area contributed by atoms with E-state index in [-0.39, 0.29) is 9.92 Å². The molecule has 0 aliphatic carbocycles. The first-order valence-electron chi connectivity index (χ1n) is 11.0. The number of nitrogens with one attached hydrogen (secondary N) is 1. The maximum atomic E-state index is 13.5. The molecule has 3 aromatic carbocycles. The molecule has 3 rings (SSSR count). The third-order valence-corrected chi connectivity index (χ3v) is 7.98. The van der Waals surface area contributed by atoms with Crippen LogP contribution in [0.1, 0.15) is 40.8 Å². The van der Waals surface area contributed by atoms with Gasteiger partial charge in [0.25, 0.3) is 10.0 Å². The van der Waals surface area contributed by atoms with E-state index in [1.807, 2.05) is 32.9 Å². The minimum atomic E-state index is -4.74. The summed E-state index contributed by atoms with van der Waals surface area (Å²) in [4.78, 5) is 12.9. The highest BCUT2D eigenvalue weighted by Crippen LogP contribution is 2.37. The number of halogens is 4. The maximum absolute atomic E-state index is 13.5. The zero-order valence-corrected chi connectivity index (χ0v) is 21.7. The van der Waals surface area contributed by atoms with E-state index >= 15 is 0 Å². The molecule has 0 spiro atoms. The fourth-order valence-electron chi connectivity index (χ4n) is 3.84.